The molecule has 0 saturated heterocycles. The van der Waals surface area contributed by atoms with Gasteiger partial charge in [0.2, 0.25) is 5.91 Å². The minimum atomic E-state index is -4.76. The Labute approximate surface area is 185 Å². The zero-order valence-electron chi connectivity index (χ0n) is 17.5. The number of aliphatic carboxylic acids is 1. The normalized spacial score (nSPS) is 16.2. The molecule has 0 radical (unpaired) electrons. The fraction of sp³-hybridized carbons (Fsp3) is 0.364. The predicted octanol–water partition coefficient (Wildman–Crippen LogP) is 5.25. The van der Waals surface area contributed by atoms with Crippen LogP contribution in [0, 0.1) is 12.8 Å². The molecule has 1 amide bonds. The van der Waals surface area contributed by atoms with Gasteiger partial charge >= 0.3 is 18.4 Å². The minimum absolute atomic E-state index is 0.161. The molecule has 2 atom stereocenters. The van der Waals surface area contributed by atoms with Crippen LogP contribution in [0.4, 0.5) is 27.6 Å². The topological polar surface area (TPSA) is 84.9 Å². The summed E-state index contributed by atoms with van der Waals surface area (Å²) in [7, 11) is 0. The quantitative estimate of drug-likeness (QED) is 0.537. The van der Waals surface area contributed by atoms with Crippen molar-refractivity contribution in [2.24, 2.45) is 5.92 Å². The monoisotopic (exact) mass is 473 g/mol. The zero-order chi connectivity index (χ0) is 24.6. The van der Waals surface area contributed by atoms with Gasteiger partial charge in [-0.3, -0.25) is 9.59 Å². The second-order valence-electron chi connectivity index (χ2n) is 7.71. The van der Waals surface area contributed by atoms with E-state index in [0.717, 1.165) is 25.1 Å². The number of aryl methyl sites for hydroxylation is 2. The number of amides is 1. The van der Waals surface area contributed by atoms with E-state index in [1.54, 1.807) is 19.1 Å². The summed E-state index contributed by atoms with van der Waals surface area (Å²) in [5, 5.41) is 11.3. The SMILES string of the molecule is Cc1ccc(CCC(=O)O)cc1NC(=O)[C@H](c1ccc2c(c1)OC(F)(F)O2)[C@@H](C)C(F)(F)F. The van der Waals surface area contributed by atoms with Crippen molar-refractivity contribution in [2.45, 2.75) is 45.1 Å². The molecule has 0 aliphatic carbocycles. The van der Waals surface area contributed by atoms with Gasteiger partial charge in [0.1, 0.15) is 0 Å². The van der Waals surface area contributed by atoms with Crippen LogP contribution in [-0.4, -0.2) is 29.5 Å². The molecule has 11 heteroatoms. The maximum Gasteiger partial charge on any atom is 0.586 e. The number of hydrogen-bond donors (Lipinski definition) is 2. The van der Waals surface area contributed by atoms with Crippen LogP contribution in [0.15, 0.2) is 36.4 Å². The second kappa shape index (κ2) is 8.87. The zero-order valence-corrected chi connectivity index (χ0v) is 17.5. The van der Waals surface area contributed by atoms with Crippen LogP contribution in [0.5, 0.6) is 11.5 Å². The van der Waals surface area contributed by atoms with Crippen LogP contribution < -0.4 is 14.8 Å². The number of alkyl halides is 5. The van der Waals surface area contributed by atoms with E-state index < -0.39 is 41.9 Å². The lowest BCUT2D eigenvalue weighted by atomic mass is 9.85. The summed E-state index contributed by atoms with van der Waals surface area (Å²) in [6.07, 6.45) is -8.72. The first-order valence-electron chi connectivity index (χ1n) is 9.85. The van der Waals surface area contributed by atoms with Crippen LogP contribution in [0.2, 0.25) is 0 Å². The Morgan fingerprint density at radius 1 is 1.09 bits per heavy atom. The molecule has 0 saturated carbocycles. The van der Waals surface area contributed by atoms with Crippen LogP contribution in [0.25, 0.3) is 0 Å². The number of halogens is 5. The Morgan fingerprint density at radius 2 is 1.76 bits per heavy atom. The predicted molar refractivity (Wildman–Crippen MR) is 106 cm³/mol. The molecular formula is C22H20F5NO5. The van der Waals surface area contributed by atoms with Crippen molar-refractivity contribution in [3.05, 3.63) is 53.1 Å². The first kappa shape index (κ1) is 24.3. The maximum absolute atomic E-state index is 13.6. The molecule has 1 heterocycles. The number of anilines is 1. The van der Waals surface area contributed by atoms with E-state index in [1.165, 1.54) is 6.07 Å². The molecule has 33 heavy (non-hydrogen) atoms. The van der Waals surface area contributed by atoms with Crippen molar-refractivity contribution in [3.63, 3.8) is 0 Å². The molecule has 0 spiro atoms. The third-order valence-electron chi connectivity index (χ3n) is 5.27. The molecule has 2 aromatic rings. The number of hydrogen-bond acceptors (Lipinski definition) is 4. The summed E-state index contributed by atoms with van der Waals surface area (Å²) in [4.78, 5) is 23.8. The maximum atomic E-state index is 13.6. The van der Waals surface area contributed by atoms with Gasteiger partial charge in [-0.2, -0.15) is 13.2 Å². The number of benzene rings is 2. The third-order valence-corrected chi connectivity index (χ3v) is 5.27. The van der Waals surface area contributed by atoms with Gasteiger partial charge in [-0.15, -0.1) is 8.78 Å². The lowest BCUT2D eigenvalue weighted by Crippen LogP contribution is -2.34. The van der Waals surface area contributed by atoms with Gasteiger partial charge in [-0.25, -0.2) is 0 Å². The molecule has 0 aromatic heterocycles. The molecule has 2 aromatic carbocycles. The lowest BCUT2D eigenvalue weighted by molar-refractivity contribution is -0.286. The highest BCUT2D eigenvalue weighted by Gasteiger charge is 2.47. The minimum Gasteiger partial charge on any atom is -0.481 e. The molecule has 1 aliphatic heterocycles. The average molecular weight is 473 g/mol. The third kappa shape index (κ3) is 5.71. The van der Waals surface area contributed by atoms with Gasteiger partial charge in [-0.1, -0.05) is 25.1 Å². The molecule has 6 nitrogen and oxygen atoms in total. The van der Waals surface area contributed by atoms with Gasteiger partial charge < -0.3 is 19.9 Å². The Kier molecular flexibility index (Phi) is 6.53. The van der Waals surface area contributed by atoms with Gasteiger partial charge in [0.05, 0.1) is 11.8 Å². The van der Waals surface area contributed by atoms with E-state index in [0.29, 0.717) is 11.1 Å². The Hall–Kier alpha value is -3.37. The van der Waals surface area contributed by atoms with Gasteiger partial charge in [0.15, 0.2) is 11.5 Å². The molecule has 3 rings (SSSR count). The second-order valence-corrected chi connectivity index (χ2v) is 7.71. The average Bonchev–Trinajstić information content (AvgIpc) is 3.01. The van der Waals surface area contributed by atoms with Crippen molar-refractivity contribution in [1.29, 1.82) is 0 Å². The highest BCUT2D eigenvalue weighted by molar-refractivity contribution is 5.97. The van der Waals surface area contributed by atoms with Crippen molar-refractivity contribution < 1.29 is 46.1 Å². The summed E-state index contributed by atoms with van der Waals surface area (Å²) in [5.74, 6) is -6.80. The van der Waals surface area contributed by atoms with Crippen LogP contribution in [0.3, 0.4) is 0 Å². The summed E-state index contributed by atoms with van der Waals surface area (Å²) >= 11 is 0. The van der Waals surface area contributed by atoms with E-state index in [-0.39, 0.29) is 29.8 Å². The number of ether oxygens (including phenoxy) is 2. The highest BCUT2D eigenvalue weighted by atomic mass is 19.4. The van der Waals surface area contributed by atoms with Gasteiger partial charge in [0, 0.05) is 12.1 Å². The molecule has 2 N–H and O–H groups in total. The number of carboxylic acid groups (broad SMARTS) is 1. The number of rotatable bonds is 7. The van der Waals surface area contributed by atoms with Crippen molar-refractivity contribution in [2.75, 3.05) is 5.32 Å². The first-order chi connectivity index (χ1) is 15.3. The number of carbonyl (C=O) groups excluding carboxylic acids is 1. The van der Waals surface area contributed by atoms with E-state index in [4.69, 9.17) is 5.11 Å². The van der Waals surface area contributed by atoms with Crippen LogP contribution in [-0.2, 0) is 16.0 Å². The van der Waals surface area contributed by atoms with E-state index in [2.05, 4.69) is 14.8 Å². The fourth-order valence-corrected chi connectivity index (χ4v) is 3.44. The van der Waals surface area contributed by atoms with Crippen molar-refractivity contribution >= 4 is 17.6 Å². The van der Waals surface area contributed by atoms with E-state index >= 15 is 0 Å². The van der Waals surface area contributed by atoms with Gasteiger partial charge in [0.25, 0.3) is 0 Å². The fourth-order valence-electron chi connectivity index (χ4n) is 3.44. The first-order valence-corrected chi connectivity index (χ1v) is 9.85. The van der Waals surface area contributed by atoms with Crippen LogP contribution >= 0.6 is 0 Å². The standard InChI is InChI=1S/C22H20F5NO5/c1-11-3-4-13(5-8-18(29)30)9-15(11)28-20(31)19(12(2)21(23,24)25)14-6-7-16-17(10-14)33-22(26,27)32-16/h3-4,6-7,9-10,12,19H,5,8H2,1-2H3,(H,28,31)(H,29,30)/t12-,19+/m1/s1. The Bertz CT molecular complexity index is 1070. The summed E-state index contributed by atoms with van der Waals surface area (Å²) in [6, 6.07) is 7.81. The Balaban J connectivity index is 1.92. The number of nitrogens with one attached hydrogen (secondary N) is 1. The van der Waals surface area contributed by atoms with Crippen molar-refractivity contribution in [3.8, 4) is 11.5 Å². The molecule has 0 bridgehead atoms. The summed E-state index contributed by atoms with van der Waals surface area (Å²) in [5.41, 5.74) is 1.15. The molecule has 1 aliphatic rings. The summed E-state index contributed by atoms with van der Waals surface area (Å²) < 4.78 is 76.0. The molecule has 0 fully saturated rings. The van der Waals surface area contributed by atoms with E-state index in [9.17, 15) is 31.5 Å². The number of fused-ring (bicyclic) bond motifs is 1. The Morgan fingerprint density at radius 3 is 2.39 bits per heavy atom. The molecule has 178 valence electrons. The number of carbonyl (C=O) groups is 2. The molecular weight excluding hydrogens is 453 g/mol. The molecule has 0 unspecified atom stereocenters. The van der Waals surface area contributed by atoms with Gasteiger partial charge in [-0.05, 0) is 48.2 Å². The van der Waals surface area contributed by atoms with E-state index in [1.807, 2.05) is 0 Å². The van der Waals surface area contributed by atoms with Crippen LogP contribution in [0.1, 0.15) is 36.0 Å². The number of carboxylic acids is 1. The highest BCUT2D eigenvalue weighted by Crippen LogP contribution is 2.45. The summed E-state index contributed by atoms with van der Waals surface area (Å²) in [6.45, 7) is 2.45. The smallest absolute Gasteiger partial charge is 0.481 e. The largest absolute Gasteiger partial charge is 0.586 e. The van der Waals surface area contributed by atoms with Crippen molar-refractivity contribution in [1.82, 2.24) is 0 Å². The lowest BCUT2D eigenvalue weighted by Gasteiger charge is -2.26.